The smallest absolute Gasteiger partial charge is 0.317 e. The molecule has 0 bridgehead atoms. The van der Waals surface area contributed by atoms with Gasteiger partial charge >= 0.3 is 12.0 Å². The number of nitrogens with zero attached hydrogens (tertiary/aromatic N) is 1. The van der Waals surface area contributed by atoms with E-state index in [2.05, 4.69) is 12.2 Å². The van der Waals surface area contributed by atoms with Gasteiger partial charge in [0, 0.05) is 13.1 Å². The summed E-state index contributed by atoms with van der Waals surface area (Å²) in [5.74, 6) is -0.206. The lowest BCUT2D eigenvalue weighted by atomic mass is 9.93. The van der Waals surface area contributed by atoms with Crippen molar-refractivity contribution < 1.29 is 14.7 Å². The molecule has 2 aliphatic rings. The second kappa shape index (κ2) is 6.46. The second-order valence-electron chi connectivity index (χ2n) is 6.38. The van der Waals surface area contributed by atoms with Crippen LogP contribution in [-0.2, 0) is 4.79 Å². The van der Waals surface area contributed by atoms with Crippen LogP contribution >= 0.6 is 0 Å². The Morgan fingerprint density at radius 3 is 2.65 bits per heavy atom. The van der Waals surface area contributed by atoms with Crippen LogP contribution in [0.25, 0.3) is 0 Å². The fourth-order valence-corrected chi connectivity index (χ4v) is 3.65. The molecule has 2 rings (SSSR count). The van der Waals surface area contributed by atoms with Crippen LogP contribution in [0.2, 0.25) is 0 Å². The van der Waals surface area contributed by atoms with Crippen LogP contribution in [0.4, 0.5) is 4.79 Å². The number of hydrogen-bond donors (Lipinski definition) is 2. The molecule has 5 heteroatoms. The van der Waals surface area contributed by atoms with E-state index in [4.69, 9.17) is 5.11 Å². The first-order chi connectivity index (χ1) is 9.54. The highest BCUT2D eigenvalue weighted by molar-refractivity contribution is 5.77. The Morgan fingerprint density at radius 2 is 2.05 bits per heavy atom. The van der Waals surface area contributed by atoms with Crippen LogP contribution < -0.4 is 5.32 Å². The van der Waals surface area contributed by atoms with Gasteiger partial charge in [-0.05, 0) is 31.6 Å². The molecule has 2 fully saturated rings. The zero-order valence-electron chi connectivity index (χ0n) is 12.4. The molecule has 1 aliphatic heterocycles. The van der Waals surface area contributed by atoms with Gasteiger partial charge in [-0.3, -0.25) is 4.79 Å². The Hall–Kier alpha value is -1.26. The first-order valence-electron chi connectivity index (χ1n) is 7.83. The molecule has 20 heavy (non-hydrogen) atoms. The molecule has 2 N–H and O–H groups in total. The van der Waals surface area contributed by atoms with Crippen LogP contribution in [0.3, 0.4) is 0 Å². The van der Waals surface area contributed by atoms with Gasteiger partial charge in [-0.25, -0.2) is 4.79 Å². The van der Waals surface area contributed by atoms with E-state index in [9.17, 15) is 9.59 Å². The minimum Gasteiger partial charge on any atom is -0.481 e. The molecule has 0 radical (unpaired) electrons. The van der Waals surface area contributed by atoms with Gasteiger partial charge in [-0.15, -0.1) is 0 Å². The summed E-state index contributed by atoms with van der Waals surface area (Å²) in [5.41, 5.74) is -0.508. The molecule has 0 aromatic rings. The summed E-state index contributed by atoms with van der Waals surface area (Å²) in [7, 11) is 0. The van der Waals surface area contributed by atoms with Crippen LogP contribution in [0.15, 0.2) is 0 Å². The molecule has 5 nitrogen and oxygen atoms in total. The van der Waals surface area contributed by atoms with Crippen molar-refractivity contribution in [2.45, 2.75) is 63.8 Å². The lowest BCUT2D eigenvalue weighted by Gasteiger charge is -2.31. The molecule has 2 amide bonds. The first kappa shape index (κ1) is 15.1. The van der Waals surface area contributed by atoms with Gasteiger partial charge in [0.05, 0.1) is 12.0 Å². The van der Waals surface area contributed by atoms with Gasteiger partial charge in [0.25, 0.3) is 0 Å². The third-order valence-corrected chi connectivity index (χ3v) is 4.69. The monoisotopic (exact) mass is 282 g/mol. The van der Waals surface area contributed by atoms with E-state index >= 15 is 0 Å². The number of likely N-dealkylation sites (tertiary alicyclic amines) is 1. The van der Waals surface area contributed by atoms with Crippen LogP contribution in [0, 0.1) is 5.92 Å². The number of hydrogen-bond acceptors (Lipinski definition) is 2. The standard InChI is InChI=1S/C15H26N2O3/c1-2-5-12-6-9-17(11-12)14(20)16-15(10-13(18)19)7-3-4-8-15/h12H,2-11H2,1H3,(H,16,20)(H,18,19). The molecule has 0 aromatic heterocycles. The molecule has 0 aromatic carbocycles. The number of carbonyl (C=O) groups is 2. The Kier molecular flexibility index (Phi) is 4.89. The SMILES string of the molecule is CCCC1CCN(C(=O)NC2(CC(=O)O)CCCC2)C1. The molecule has 1 saturated carbocycles. The highest BCUT2D eigenvalue weighted by Crippen LogP contribution is 2.33. The van der Waals surface area contributed by atoms with E-state index in [1.54, 1.807) is 0 Å². The lowest BCUT2D eigenvalue weighted by Crippen LogP contribution is -2.52. The van der Waals surface area contributed by atoms with Crippen molar-refractivity contribution in [3.8, 4) is 0 Å². The van der Waals surface area contributed by atoms with Gasteiger partial charge in [0.15, 0.2) is 0 Å². The van der Waals surface area contributed by atoms with Gasteiger partial charge in [0.1, 0.15) is 0 Å². The number of rotatable bonds is 5. The molecule has 1 aliphatic carbocycles. The summed E-state index contributed by atoms with van der Waals surface area (Å²) >= 11 is 0. The lowest BCUT2D eigenvalue weighted by molar-refractivity contribution is -0.138. The zero-order valence-corrected chi connectivity index (χ0v) is 12.4. The molecular weight excluding hydrogens is 256 g/mol. The molecule has 1 unspecified atom stereocenters. The van der Waals surface area contributed by atoms with Gasteiger partial charge < -0.3 is 15.3 Å². The number of carbonyl (C=O) groups excluding carboxylic acids is 1. The maximum atomic E-state index is 12.4. The largest absolute Gasteiger partial charge is 0.481 e. The van der Waals surface area contributed by atoms with E-state index < -0.39 is 11.5 Å². The quantitative estimate of drug-likeness (QED) is 0.814. The van der Waals surface area contributed by atoms with Crippen LogP contribution in [0.5, 0.6) is 0 Å². The Bertz CT molecular complexity index is 364. The summed E-state index contributed by atoms with van der Waals surface area (Å²) in [6.45, 7) is 3.80. The number of aliphatic carboxylic acids is 1. The summed E-state index contributed by atoms with van der Waals surface area (Å²) in [6.07, 6.45) is 7.04. The third kappa shape index (κ3) is 3.64. The summed E-state index contributed by atoms with van der Waals surface area (Å²) in [4.78, 5) is 25.3. The summed E-state index contributed by atoms with van der Waals surface area (Å²) < 4.78 is 0. The number of carboxylic acids is 1. The first-order valence-corrected chi connectivity index (χ1v) is 7.83. The van der Waals surface area contributed by atoms with E-state index in [0.29, 0.717) is 5.92 Å². The Morgan fingerprint density at radius 1 is 1.35 bits per heavy atom. The molecular formula is C15H26N2O3. The highest BCUT2D eigenvalue weighted by Gasteiger charge is 2.39. The van der Waals surface area contributed by atoms with Crippen molar-refractivity contribution in [1.29, 1.82) is 0 Å². The van der Waals surface area contributed by atoms with Gasteiger partial charge in [-0.2, -0.15) is 0 Å². The average molecular weight is 282 g/mol. The molecule has 1 atom stereocenters. The predicted molar refractivity (Wildman–Crippen MR) is 76.6 cm³/mol. The Balaban J connectivity index is 1.91. The van der Waals surface area contributed by atoms with E-state index in [1.165, 1.54) is 6.42 Å². The number of carboxylic acid groups (broad SMARTS) is 1. The summed E-state index contributed by atoms with van der Waals surface area (Å²) in [5, 5.41) is 12.1. The van der Waals surface area contributed by atoms with E-state index in [1.807, 2.05) is 4.90 Å². The Labute approximate surface area is 120 Å². The van der Waals surface area contributed by atoms with E-state index in [0.717, 1.165) is 51.6 Å². The van der Waals surface area contributed by atoms with Crippen molar-refractivity contribution in [2.24, 2.45) is 5.92 Å². The fourth-order valence-electron chi connectivity index (χ4n) is 3.65. The average Bonchev–Trinajstić information content (AvgIpc) is 2.98. The molecule has 1 saturated heterocycles. The third-order valence-electron chi connectivity index (χ3n) is 4.69. The molecule has 1 heterocycles. The van der Waals surface area contributed by atoms with Crippen LogP contribution in [-0.4, -0.2) is 40.6 Å². The van der Waals surface area contributed by atoms with Crippen molar-refractivity contribution in [2.75, 3.05) is 13.1 Å². The topological polar surface area (TPSA) is 69.6 Å². The maximum absolute atomic E-state index is 12.4. The summed E-state index contributed by atoms with van der Waals surface area (Å²) in [6, 6.07) is -0.0632. The predicted octanol–water partition coefficient (Wildman–Crippen LogP) is 2.61. The normalized spacial score (nSPS) is 24.9. The van der Waals surface area contributed by atoms with Gasteiger partial charge in [-0.1, -0.05) is 26.2 Å². The van der Waals surface area contributed by atoms with Crippen molar-refractivity contribution in [3.63, 3.8) is 0 Å². The van der Waals surface area contributed by atoms with Crippen molar-refractivity contribution in [1.82, 2.24) is 10.2 Å². The number of nitrogens with one attached hydrogen (secondary N) is 1. The highest BCUT2D eigenvalue weighted by atomic mass is 16.4. The molecule has 114 valence electrons. The van der Waals surface area contributed by atoms with Gasteiger partial charge in [0.2, 0.25) is 0 Å². The number of amides is 2. The minimum atomic E-state index is -0.822. The van der Waals surface area contributed by atoms with Crippen molar-refractivity contribution in [3.05, 3.63) is 0 Å². The van der Waals surface area contributed by atoms with Crippen molar-refractivity contribution >= 4 is 12.0 Å². The maximum Gasteiger partial charge on any atom is 0.317 e. The van der Waals surface area contributed by atoms with E-state index in [-0.39, 0.29) is 12.5 Å². The fraction of sp³-hybridized carbons (Fsp3) is 0.867. The number of urea groups is 1. The van der Waals surface area contributed by atoms with Crippen LogP contribution in [0.1, 0.15) is 58.3 Å². The second-order valence-corrected chi connectivity index (χ2v) is 6.38. The minimum absolute atomic E-state index is 0.0466. The zero-order chi connectivity index (χ0) is 14.6. The molecule has 0 spiro atoms.